The second-order valence-electron chi connectivity index (χ2n) is 2.35. The molecule has 0 aliphatic carbocycles. The Morgan fingerprint density at radius 3 is 2.85 bits per heavy atom. The molecule has 0 saturated carbocycles. The van der Waals surface area contributed by atoms with Crippen LogP contribution in [0.3, 0.4) is 0 Å². The number of hydrogen-bond acceptors (Lipinski definition) is 4. The number of nitrogens with two attached hydrogens (primary N) is 1. The van der Waals surface area contributed by atoms with Gasteiger partial charge in [0.25, 0.3) is 5.91 Å². The normalized spacial score (nSPS) is 13.2. The third kappa shape index (κ3) is 5.35. The highest BCUT2D eigenvalue weighted by Crippen LogP contribution is 1.93. The van der Waals surface area contributed by atoms with Crippen molar-refractivity contribution in [1.82, 2.24) is 5.43 Å². The van der Waals surface area contributed by atoms with Crippen LogP contribution in [0.1, 0.15) is 6.92 Å². The van der Waals surface area contributed by atoms with Gasteiger partial charge in [-0.05, 0) is 6.92 Å². The van der Waals surface area contributed by atoms with Crippen molar-refractivity contribution in [2.75, 3.05) is 20.3 Å². The van der Waals surface area contributed by atoms with Gasteiger partial charge in [0.05, 0.1) is 13.2 Å². The van der Waals surface area contributed by atoms with E-state index in [-0.39, 0.29) is 12.5 Å². The Morgan fingerprint density at radius 1 is 1.69 bits per heavy atom. The second kappa shape index (κ2) is 7.72. The van der Waals surface area contributed by atoms with Gasteiger partial charge < -0.3 is 9.47 Å². The molecule has 5 nitrogen and oxygen atoms in total. The van der Waals surface area contributed by atoms with Gasteiger partial charge in [-0.2, -0.15) is 0 Å². The van der Waals surface area contributed by atoms with Gasteiger partial charge in [0.1, 0.15) is 0 Å². The van der Waals surface area contributed by atoms with Crippen molar-refractivity contribution in [1.29, 1.82) is 0 Å². The van der Waals surface area contributed by atoms with Crippen molar-refractivity contribution in [2.45, 2.75) is 13.0 Å². The molecule has 0 heterocycles. The van der Waals surface area contributed by atoms with E-state index in [0.29, 0.717) is 6.61 Å². The summed E-state index contributed by atoms with van der Waals surface area (Å²) in [5, 5.41) is 0. The van der Waals surface area contributed by atoms with Gasteiger partial charge in [-0.25, -0.2) is 5.84 Å². The van der Waals surface area contributed by atoms with Crippen molar-refractivity contribution in [3.8, 4) is 0 Å². The summed E-state index contributed by atoms with van der Waals surface area (Å²) in [6.07, 6.45) is 2.99. The molecule has 0 rings (SSSR count). The second-order valence-corrected chi connectivity index (χ2v) is 2.35. The summed E-state index contributed by atoms with van der Waals surface area (Å²) in [5.74, 6) is 4.57. The highest BCUT2D eigenvalue weighted by Gasteiger charge is 2.16. The number of carbonyl (C=O) groups is 1. The van der Waals surface area contributed by atoms with Crippen molar-refractivity contribution >= 4 is 5.91 Å². The average molecular weight is 188 g/mol. The molecule has 1 atom stereocenters. The van der Waals surface area contributed by atoms with Crippen LogP contribution in [0.25, 0.3) is 0 Å². The molecule has 0 aliphatic rings. The Bertz CT molecular complexity index is 171. The zero-order valence-corrected chi connectivity index (χ0v) is 7.95. The first-order valence-electron chi connectivity index (χ1n) is 3.98. The SMILES string of the molecule is C/C=C/COC(COC)C(=O)NN. The fourth-order valence-corrected chi connectivity index (χ4v) is 0.712. The van der Waals surface area contributed by atoms with Gasteiger partial charge in [0.15, 0.2) is 6.10 Å². The molecule has 0 radical (unpaired) electrons. The monoisotopic (exact) mass is 188 g/mol. The molecule has 1 unspecified atom stereocenters. The molecule has 0 aromatic heterocycles. The minimum absolute atomic E-state index is 0.195. The largest absolute Gasteiger partial charge is 0.381 e. The lowest BCUT2D eigenvalue weighted by atomic mass is 10.3. The van der Waals surface area contributed by atoms with Gasteiger partial charge >= 0.3 is 0 Å². The number of methoxy groups -OCH3 is 1. The van der Waals surface area contributed by atoms with E-state index in [2.05, 4.69) is 0 Å². The maximum atomic E-state index is 11.0. The highest BCUT2D eigenvalue weighted by molar-refractivity contribution is 5.80. The summed E-state index contributed by atoms with van der Waals surface area (Å²) >= 11 is 0. The van der Waals surface area contributed by atoms with E-state index >= 15 is 0 Å². The van der Waals surface area contributed by atoms with E-state index in [1.807, 2.05) is 18.4 Å². The van der Waals surface area contributed by atoms with Gasteiger partial charge in [0.2, 0.25) is 0 Å². The van der Waals surface area contributed by atoms with E-state index in [0.717, 1.165) is 0 Å². The molecule has 3 N–H and O–H groups in total. The van der Waals surface area contributed by atoms with Crippen molar-refractivity contribution in [3.63, 3.8) is 0 Å². The lowest BCUT2D eigenvalue weighted by Gasteiger charge is -2.13. The zero-order valence-electron chi connectivity index (χ0n) is 7.95. The van der Waals surface area contributed by atoms with Crippen LogP contribution in [-0.4, -0.2) is 32.3 Å². The number of hydrogen-bond donors (Lipinski definition) is 2. The van der Waals surface area contributed by atoms with Crippen molar-refractivity contribution in [3.05, 3.63) is 12.2 Å². The standard InChI is InChI=1S/C8H16N2O3/c1-3-4-5-13-7(6-12-2)8(11)10-9/h3-4,7H,5-6,9H2,1-2H3,(H,10,11)/b4-3+. The number of rotatable bonds is 6. The molecule has 13 heavy (non-hydrogen) atoms. The van der Waals surface area contributed by atoms with Crippen LogP contribution in [0.5, 0.6) is 0 Å². The number of hydrazine groups is 1. The fourth-order valence-electron chi connectivity index (χ4n) is 0.712. The molecule has 0 fully saturated rings. The summed E-state index contributed by atoms with van der Waals surface area (Å²) < 4.78 is 9.96. The topological polar surface area (TPSA) is 73.6 Å². The summed E-state index contributed by atoms with van der Waals surface area (Å²) in [6, 6.07) is 0. The molecule has 5 heteroatoms. The van der Waals surface area contributed by atoms with Crippen molar-refractivity contribution in [2.24, 2.45) is 5.84 Å². The molecule has 0 aliphatic heterocycles. The van der Waals surface area contributed by atoms with E-state index in [1.165, 1.54) is 7.11 Å². The Balaban J connectivity index is 3.86. The first-order valence-corrected chi connectivity index (χ1v) is 3.98. The van der Waals surface area contributed by atoms with E-state index in [9.17, 15) is 4.79 Å². The van der Waals surface area contributed by atoms with Crippen LogP contribution in [0, 0.1) is 0 Å². The number of ether oxygens (including phenoxy) is 2. The van der Waals surface area contributed by atoms with Crippen LogP contribution >= 0.6 is 0 Å². The predicted octanol–water partition coefficient (Wildman–Crippen LogP) is -0.416. The first-order chi connectivity index (χ1) is 6.26. The highest BCUT2D eigenvalue weighted by atomic mass is 16.5. The first kappa shape index (κ1) is 12.1. The summed E-state index contributed by atoms with van der Waals surface area (Å²) in [6.45, 7) is 2.44. The van der Waals surface area contributed by atoms with Crippen LogP contribution in [0.4, 0.5) is 0 Å². The van der Waals surface area contributed by atoms with Gasteiger partial charge in [-0.3, -0.25) is 10.2 Å². The Hall–Kier alpha value is -0.910. The lowest BCUT2D eigenvalue weighted by molar-refractivity contribution is -0.135. The van der Waals surface area contributed by atoms with Gasteiger partial charge in [-0.1, -0.05) is 12.2 Å². The van der Waals surface area contributed by atoms with Crippen LogP contribution in [0.15, 0.2) is 12.2 Å². The average Bonchev–Trinajstić information content (AvgIpc) is 2.16. The number of nitrogens with one attached hydrogen (secondary N) is 1. The molecule has 0 spiro atoms. The van der Waals surface area contributed by atoms with Gasteiger partial charge in [0, 0.05) is 7.11 Å². The summed E-state index contributed by atoms with van der Waals surface area (Å²) in [5.41, 5.74) is 2.01. The third-order valence-electron chi connectivity index (χ3n) is 1.38. The fraction of sp³-hybridized carbons (Fsp3) is 0.625. The smallest absolute Gasteiger partial charge is 0.265 e. The number of allylic oxidation sites excluding steroid dienone is 1. The molecule has 1 amide bonds. The van der Waals surface area contributed by atoms with Crippen molar-refractivity contribution < 1.29 is 14.3 Å². The van der Waals surface area contributed by atoms with Crippen LogP contribution in [0.2, 0.25) is 0 Å². The van der Waals surface area contributed by atoms with Gasteiger partial charge in [-0.15, -0.1) is 0 Å². The minimum atomic E-state index is -0.647. The lowest BCUT2D eigenvalue weighted by Crippen LogP contribution is -2.42. The molecule has 0 bridgehead atoms. The van der Waals surface area contributed by atoms with Crippen LogP contribution in [-0.2, 0) is 14.3 Å². The summed E-state index contributed by atoms with van der Waals surface area (Å²) in [4.78, 5) is 11.0. The number of carbonyl (C=O) groups excluding carboxylic acids is 1. The van der Waals surface area contributed by atoms with Crippen LogP contribution < -0.4 is 11.3 Å². The Kier molecular flexibility index (Phi) is 7.18. The van der Waals surface area contributed by atoms with E-state index in [1.54, 1.807) is 6.08 Å². The molecular formula is C8H16N2O3. The Labute approximate surface area is 77.9 Å². The quantitative estimate of drug-likeness (QED) is 0.257. The zero-order chi connectivity index (χ0) is 10.1. The molecule has 76 valence electrons. The third-order valence-corrected chi connectivity index (χ3v) is 1.38. The minimum Gasteiger partial charge on any atom is -0.381 e. The number of amides is 1. The maximum Gasteiger partial charge on any atom is 0.265 e. The van der Waals surface area contributed by atoms with E-state index in [4.69, 9.17) is 15.3 Å². The predicted molar refractivity (Wildman–Crippen MR) is 48.8 cm³/mol. The van der Waals surface area contributed by atoms with E-state index < -0.39 is 6.10 Å². The molecule has 0 aromatic rings. The molecule has 0 aromatic carbocycles. The molecule has 0 saturated heterocycles. The molecular weight excluding hydrogens is 172 g/mol. The maximum absolute atomic E-state index is 11.0. The Morgan fingerprint density at radius 2 is 2.38 bits per heavy atom. The summed E-state index contributed by atoms with van der Waals surface area (Å²) in [7, 11) is 1.50.